The van der Waals surface area contributed by atoms with Gasteiger partial charge in [-0.15, -0.1) is 0 Å². The van der Waals surface area contributed by atoms with Crippen LogP contribution >= 0.6 is 11.8 Å². The summed E-state index contributed by atoms with van der Waals surface area (Å²) < 4.78 is 18.4. The monoisotopic (exact) mass is 542 g/mol. The van der Waals surface area contributed by atoms with E-state index in [2.05, 4.69) is 16.3 Å². The van der Waals surface area contributed by atoms with Crippen molar-refractivity contribution in [3.05, 3.63) is 59.2 Å². The molecule has 1 aliphatic carbocycles. The molecule has 2 aromatic rings. The molecule has 1 N–H and O–H groups in total. The molecule has 0 bridgehead atoms. The van der Waals surface area contributed by atoms with Crippen molar-refractivity contribution in [3.63, 3.8) is 0 Å². The third-order valence-corrected chi connectivity index (χ3v) is 8.19. The topological polar surface area (TPSA) is 58.6 Å². The first kappa shape index (κ1) is 30.2. The van der Waals surface area contributed by atoms with Crippen molar-refractivity contribution in [2.75, 3.05) is 38.9 Å². The number of hydrogen-bond donors (Lipinski definition) is 1. The summed E-state index contributed by atoms with van der Waals surface area (Å²) in [7, 11) is 1.34. The number of amides is 1. The van der Waals surface area contributed by atoms with Crippen molar-refractivity contribution in [2.45, 2.75) is 64.5 Å². The number of esters is 1. The number of carbonyl (C=O) groups is 2. The van der Waals surface area contributed by atoms with Gasteiger partial charge >= 0.3 is 5.97 Å². The van der Waals surface area contributed by atoms with Crippen LogP contribution in [-0.2, 0) is 16.1 Å². The van der Waals surface area contributed by atoms with E-state index in [0.717, 1.165) is 46.9 Å². The number of thioether (sulfide) groups is 1. The highest BCUT2D eigenvalue weighted by Crippen LogP contribution is 2.30. The molecule has 0 spiro atoms. The smallest absolute Gasteiger partial charge is 0.328 e. The van der Waals surface area contributed by atoms with Crippen molar-refractivity contribution < 1.29 is 18.7 Å². The number of methoxy groups -OCH3 is 1. The highest BCUT2D eigenvalue weighted by atomic mass is 32.2. The van der Waals surface area contributed by atoms with Crippen LogP contribution in [-0.4, -0.2) is 61.7 Å². The van der Waals surface area contributed by atoms with E-state index in [9.17, 15) is 14.0 Å². The van der Waals surface area contributed by atoms with E-state index in [1.54, 1.807) is 11.8 Å². The van der Waals surface area contributed by atoms with Crippen LogP contribution in [0, 0.1) is 12.8 Å². The average Bonchev–Trinajstić information content (AvgIpc) is 2.94. The van der Waals surface area contributed by atoms with Gasteiger partial charge in [-0.2, -0.15) is 11.8 Å². The predicted octanol–water partition coefficient (Wildman–Crippen LogP) is 6.43. The van der Waals surface area contributed by atoms with E-state index in [0.29, 0.717) is 25.1 Å². The van der Waals surface area contributed by atoms with Gasteiger partial charge in [0.25, 0.3) is 5.91 Å². The van der Waals surface area contributed by atoms with Gasteiger partial charge in [0.1, 0.15) is 12.7 Å². The Bertz CT molecular complexity index is 1040. The Morgan fingerprint density at radius 3 is 2.55 bits per heavy atom. The highest BCUT2D eigenvalue weighted by molar-refractivity contribution is 7.98. The quantitative estimate of drug-likeness (QED) is 0.279. The van der Waals surface area contributed by atoms with Gasteiger partial charge in [0, 0.05) is 18.7 Å². The van der Waals surface area contributed by atoms with Gasteiger partial charge in [-0.05, 0) is 78.6 Å². The largest absolute Gasteiger partial charge is 0.467 e. The minimum Gasteiger partial charge on any atom is -0.467 e. The number of nitrogens with one attached hydrogen (secondary N) is 1. The van der Waals surface area contributed by atoms with E-state index in [1.165, 1.54) is 39.2 Å². The van der Waals surface area contributed by atoms with E-state index in [1.807, 2.05) is 49.6 Å². The molecule has 7 heteroatoms. The van der Waals surface area contributed by atoms with E-state index < -0.39 is 12.0 Å². The molecule has 1 amide bonds. The Morgan fingerprint density at radius 1 is 1.11 bits per heavy atom. The highest BCUT2D eigenvalue weighted by Gasteiger charge is 2.24. The fraction of sp³-hybridized carbons (Fsp3) is 0.548. The van der Waals surface area contributed by atoms with E-state index in [4.69, 9.17) is 4.74 Å². The van der Waals surface area contributed by atoms with Crippen LogP contribution in [0.1, 0.15) is 66.4 Å². The van der Waals surface area contributed by atoms with Gasteiger partial charge < -0.3 is 10.1 Å². The number of alkyl halides is 1. The van der Waals surface area contributed by atoms with Crippen molar-refractivity contribution in [3.8, 4) is 11.1 Å². The van der Waals surface area contributed by atoms with E-state index in [-0.39, 0.29) is 12.6 Å². The molecule has 1 fully saturated rings. The summed E-state index contributed by atoms with van der Waals surface area (Å²) >= 11 is 1.62. The Labute approximate surface area is 231 Å². The summed E-state index contributed by atoms with van der Waals surface area (Å²) in [6.45, 7) is 3.58. The second-order valence-corrected chi connectivity index (χ2v) is 11.3. The summed E-state index contributed by atoms with van der Waals surface area (Å²) in [4.78, 5) is 28.0. The van der Waals surface area contributed by atoms with Gasteiger partial charge in [-0.1, -0.05) is 62.4 Å². The molecule has 1 aliphatic rings. The zero-order valence-corrected chi connectivity index (χ0v) is 24.0. The summed E-state index contributed by atoms with van der Waals surface area (Å²) in [5, 5.41) is 2.90. The normalized spacial score (nSPS) is 14.9. The lowest BCUT2D eigenvalue weighted by Crippen LogP contribution is -2.42. The molecule has 38 heavy (non-hydrogen) atoms. The first-order chi connectivity index (χ1) is 18.5. The van der Waals surface area contributed by atoms with Gasteiger partial charge in [-0.3, -0.25) is 9.69 Å². The lowest BCUT2D eigenvalue weighted by Gasteiger charge is -2.27. The number of carbonyl (C=O) groups excluding carboxylic acids is 2. The van der Waals surface area contributed by atoms with Crippen molar-refractivity contribution >= 4 is 23.6 Å². The number of rotatable bonds is 14. The van der Waals surface area contributed by atoms with Crippen molar-refractivity contribution in [2.24, 2.45) is 5.92 Å². The molecule has 0 unspecified atom stereocenters. The van der Waals surface area contributed by atoms with Crippen molar-refractivity contribution in [1.29, 1.82) is 0 Å². The lowest BCUT2D eigenvalue weighted by atomic mass is 9.87. The fourth-order valence-corrected chi connectivity index (χ4v) is 5.81. The number of hydrogen-bond acceptors (Lipinski definition) is 5. The summed E-state index contributed by atoms with van der Waals surface area (Å²) in [6, 6.07) is 13.1. The molecular formula is C31H43FN2O3S. The van der Waals surface area contributed by atoms with E-state index >= 15 is 0 Å². The summed E-state index contributed by atoms with van der Waals surface area (Å²) in [5.74, 6) is 0.730. The summed E-state index contributed by atoms with van der Waals surface area (Å²) in [6.07, 6.45) is 10.1. The molecule has 3 rings (SSSR count). The molecule has 0 heterocycles. The first-order valence-electron chi connectivity index (χ1n) is 13.8. The van der Waals surface area contributed by atoms with Crippen LogP contribution in [0.15, 0.2) is 42.5 Å². The molecule has 0 aliphatic heterocycles. The Balaban J connectivity index is 1.85. The second-order valence-electron chi connectivity index (χ2n) is 10.3. The number of benzene rings is 2. The molecule has 1 saturated carbocycles. The van der Waals surface area contributed by atoms with Gasteiger partial charge in [0.2, 0.25) is 0 Å². The van der Waals surface area contributed by atoms with Crippen LogP contribution in [0.3, 0.4) is 0 Å². The van der Waals surface area contributed by atoms with Gasteiger partial charge in [-0.25, -0.2) is 9.18 Å². The molecule has 0 aromatic heterocycles. The van der Waals surface area contributed by atoms with Crippen molar-refractivity contribution in [1.82, 2.24) is 10.2 Å². The van der Waals surface area contributed by atoms with Gasteiger partial charge in [0.15, 0.2) is 0 Å². The van der Waals surface area contributed by atoms with Crippen LogP contribution in [0.5, 0.6) is 0 Å². The predicted molar refractivity (Wildman–Crippen MR) is 155 cm³/mol. The lowest BCUT2D eigenvalue weighted by molar-refractivity contribution is -0.142. The maximum Gasteiger partial charge on any atom is 0.328 e. The Hall–Kier alpha value is -2.38. The molecule has 208 valence electrons. The zero-order valence-electron chi connectivity index (χ0n) is 23.1. The first-order valence-corrected chi connectivity index (χ1v) is 15.2. The maximum atomic E-state index is 13.5. The van der Waals surface area contributed by atoms with Crippen LogP contribution in [0.25, 0.3) is 11.1 Å². The third kappa shape index (κ3) is 8.84. The molecule has 5 nitrogen and oxygen atoms in total. The number of ether oxygens (including phenoxy) is 1. The van der Waals surface area contributed by atoms with Gasteiger partial charge in [0.05, 0.1) is 7.11 Å². The molecular weight excluding hydrogens is 499 g/mol. The molecule has 0 radical (unpaired) electrons. The third-order valence-electron chi connectivity index (χ3n) is 7.55. The molecule has 1 atom stereocenters. The minimum absolute atomic E-state index is 0.302. The Morgan fingerprint density at radius 2 is 1.87 bits per heavy atom. The maximum absolute atomic E-state index is 13.5. The number of nitrogens with zero attached hydrogens (tertiary/aromatic N) is 1. The fourth-order valence-electron chi connectivity index (χ4n) is 5.34. The Kier molecular flexibility index (Phi) is 12.6. The molecule has 0 saturated heterocycles. The zero-order chi connectivity index (χ0) is 27.3. The standard InChI is InChI=1S/C31H43FN2O3S/c1-23-9-7-8-12-26(23)28-21-25(22-34(19-17-32)18-15-24-10-5-4-6-11-24)13-14-27(28)30(35)33-29(16-20-38-3)31(36)37-2/h7-9,12-14,21,24,29H,4-6,10-11,15-20,22H2,1-3H3,(H,33,35)/t29-/m0/s1. The SMILES string of the molecule is COC(=O)[C@H](CCSC)NC(=O)c1ccc(CN(CCF)CCC2CCCCC2)cc1-c1ccccc1C. The second kappa shape index (κ2) is 15.9. The number of halogens is 1. The van der Waals surface area contributed by atoms with Crippen LogP contribution < -0.4 is 5.32 Å². The molecule has 2 aromatic carbocycles. The number of aryl methyl sites for hydroxylation is 1. The van der Waals surface area contributed by atoms with Crippen LogP contribution in [0.4, 0.5) is 4.39 Å². The van der Waals surface area contributed by atoms with Crippen LogP contribution in [0.2, 0.25) is 0 Å². The minimum atomic E-state index is -0.704. The average molecular weight is 543 g/mol. The summed E-state index contributed by atoms with van der Waals surface area (Å²) in [5.41, 5.74) is 4.41.